The second-order valence-corrected chi connectivity index (χ2v) is 4.03. The second kappa shape index (κ2) is 4.08. The van der Waals surface area contributed by atoms with Crippen molar-refractivity contribution in [3.8, 4) is 5.75 Å². The smallest absolute Gasteiger partial charge is 0.265 e. The third-order valence-electron chi connectivity index (χ3n) is 2.87. The van der Waals surface area contributed by atoms with E-state index in [-0.39, 0.29) is 18.3 Å². The summed E-state index contributed by atoms with van der Waals surface area (Å²) in [5.41, 5.74) is 6.77. The van der Waals surface area contributed by atoms with Gasteiger partial charge in [-0.2, -0.15) is 0 Å². The quantitative estimate of drug-likeness (QED) is 0.774. The molecule has 1 unspecified atom stereocenters. The lowest BCUT2D eigenvalue weighted by Crippen LogP contribution is -2.47. The maximum absolute atomic E-state index is 11.8. The molecule has 1 aromatic carbocycles. The zero-order valence-corrected chi connectivity index (χ0v) is 9.77. The molecule has 1 aliphatic rings. The number of ether oxygens (including phenoxy) is 1. The third-order valence-corrected chi connectivity index (χ3v) is 2.87. The van der Waals surface area contributed by atoms with E-state index in [2.05, 4.69) is 0 Å². The molecule has 2 rings (SSSR count). The fourth-order valence-corrected chi connectivity index (χ4v) is 1.84. The zero-order chi connectivity index (χ0) is 12.6. The van der Waals surface area contributed by atoms with Crippen molar-refractivity contribution < 1.29 is 14.3 Å². The van der Waals surface area contributed by atoms with Crippen molar-refractivity contribution in [1.82, 2.24) is 0 Å². The molecule has 90 valence electrons. The number of benzene rings is 1. The normalized spacial score (nSPS) is 16.1. The van der Waals surface area contributed by atoms with E-state index in [1.165, 1.54) is 11.8 Å². The Hall–Kier alpha value is -2.04. The number of nitrogens with zero attached hydrogens (tertiary/aromatic N) is 1. The molecule has 0 radical (unpaired) electrons. The zero-order valence-electron chi connectivity index (χ0n) is 9.77. The van der Waals surface area contributed by atoms with Crippen LogP contribution in [0.5, 0.6) is 5.75 Å². The number of nitrogens with two attached hydrogens (primary N) is 1. The van der Waals surface area contributed by atoms with E-state index >= 15 is 0 Å². The molecule has 0 bridgehead atoms. The van der Waals surface area contributed by atoms with E-state index in [0.29, 0.717) is 17.1 Å². The Morgan fingerprint density at radius 2 is 2.24 bits per heavy atom. The summed E-state index contributed by atoms with van der Waals surface area (Å²) in [4.78, 5) is 24.7. The molecule has 5 heteroatoms. The fraction of sp³-hybridized carbons (Fsp3) is 0.333. The third kappa shape index (κ3) is 1.84. The number of hydrogen-bond acceptors (Lipinski definition) is 4. The van der Waals surface area contributed by atoms with Crippen molar-refractivity contribution in [1.29, 1.82) is 0 Å². The average molecular weight is 234 g/mol. The maximum Gasteiger partial charge on any atom is 0.265 e. The minimum Gasteiger partial charge on any atom is -0.481 e. The van der Waals surface area contributed by atoms with Crippen molar-refractivity contribution in [3.05, 3.63) is 18.2 Å². The summed E-state index contributed by atoms with van der Waals surface area (Å²) in [6.45, 7) is 3.07. The second-order valence-electron chi connectivity index (χ2n) is 4.03. The first-order chi connectivity index (χ1) is 8.02. The summed E-state index contributed by atoms with van der Waals surface area (Å²) in [6.07, 6.45) is 0. The fourth-order valence-electron chi connectivity index (χ4n) is 1.84. The number of rotatable bonds is 2. The van der Waals surface area contributed by atoms with Gasteiger partial charge < -0.3 is 10.5 Å². The van der Waals surface area contributed by atoms with Crippen LogP contribution in [-0.4, -0.2) is 24.3 Å². The molecule has 2 N–H and O–H groups in total. The highest BCUT2D eigenvalue weighted by molar-refractivity contribution is 6.06. The first-order valence-corrected chi connectivity index (χ1v) is 5.36. The molecule has 0 aliphatic carbocycles. The van der Waals surface area contributed by atoms with Crippen molar-refractivity contribution >= 4 is 23.1 Å². The topological polar surface area (TPSA) is 72.6 Å². The highest BCUT2D eigenvalue weighted by Gasteiger charge is 2.32. The van der Waals surface area contributed by atoms with Gasteiger partial charge in [0.25, 0.3) is 5.91 Å². The number of carbonyl (C=O) groups is 2. The summed E-state index contributed by atoms with van der Waals surface area (Å²) >= 11 is 0. The number of nitrogen functional groups attached to an aromatic ring is 1. The van der Waals surface area contributed by atoms with Gasteiger partial charge in [-0.3, -0.25) is 14.5 Å². The number of anilines is 2. The Kier molecular flexibility index (Phi) is 2.75. The van der Waals surface area contributed by atoms with E-state index in [0.717, 1.165) is 0 Å². The van der Waals surface area contributed by atoms with Gasteiger partial charge in [0.2, 0.25) is 0 Å². The molecule has 0 spiro atoms. The van der Waals surface area contributed by atoms with Crippen LogP contribution in [0.2, 0.25) is 0 Å². The van der Waals surface area contributed by atoms with Crippen LogP contribution < -0.4 is 15.4 Å². The summed E-state index contributed by atoms with van der Waals surface area (Å²) < 4.78 is 5.29. The summed E-state index contributed by atoms with van der Waals surface area (Å²) in [7, 11) is 0. The van der Waals surface area contributed by atoms with Gasteiger partial charge in [0.15, 0.2) is 12.4 Å². The van der Waals surface area contributed by atoms with Crippen molar-refractivity contribution in [2.24, 2.45) is 0 Å². The van der Waals surface area contributed by atoms with Crippen LogP contribution in [0.25, 0.3) is 0 Å². The van der Waals surface area contributed by atoms with Gasteiger partial charge in [-0.15, -0.1) is 0 Å². The van der Waals surface area contributed by atoms with Gasteiger partial charge in [-0.25, -0.2) is 0 Å². The molecule has 1 atom stereocenters. The molecule has 1 heterocycles. The van der Waals surface area contributed by atoms with Crippen LogP contribution in [0, 0.1) is 0 Å². The standard InChI is InChI=1S/C12H14N2O3/c1-7(8(2)15)14-11(16)6-17-10-5-3-4-9(13)12(10)14/h3-5,7H,6,13H2,1-2H3. The lowest BCUT2D eigenvalue weighted by Gasteiger charge is -2.33. The van der Waals surface area contributed by atoms with Crippen LogP contribution >= 0.6 is 0 Å². The van der Waals surface area contributed by atoms with E-state index in [1.54, 1.807) is 25.1 Å². The Labute approximate surface area is 99.2 Å². The van der Waals surface area contributed by atoms with Crippen LogP contribution in [0.4, 0.5) is 11.4 Å². The average Bonchev–Trinajstić information content (AvgIpc) is 2.29. The van der Waals surface area contributed by atoms with Crippen molar-refractivity contribution in [3.63, 3.8) is 0 Å². The Morgan fingerprint density at radius 3 is 2.88 bits per heavy atom. The van der Waals surface area contributed by atoms with Crippen LogP contribution in [0.15, 0.2) is 18.2 Å². The van der Waals surface area contributed by atoms with E-state index in [1.807, 2.05) is 0 Å². The molecule has 0 saturated carbocycles. The largest absolute Gasteiger partial charge is 0.481 e. The van der Waals surface area contributed by atoms with E-state index in [4.69, 9.17) is 10.5 Å². The van der Waals surface area contributed by atoms with Gasteiger partial charge in [0.1, 0.15) is 11.4 Å². The number of ketones is 1. The van der Waals surface area contributed by atoms with E-state index in [9.17, 15) is 9.59 Å². The van der Waals surface area contributed by atoms with Crippen LogP contribution in [-0.2, 0) is 9.59 Å². The minimum atomic E-state index is -0.533. The number of carbonyl (C=O) groups excluding carboxylic acids is 2. The maximum atomic E-state index is 11.8. The predicted molar refractivity (Wildman–Crippen MR) is 64.0 cm³/mol. The Morgan fingerprint density at radius 1 is 1.53 bits per heavy atom. The monoisotopic (exact) mass is 234 g/mol. The lowest BCUT2D eigenvalue weighted by molar-refractivity contribution is -0.125. The van der Waals surface area contributed by atoms with Gasteiger partial charge in [-0.05, 0) is 26.0 Å². The molecule has 1 aromatic rings. The molecular weight excluding hydrogens is 220 g/mol. The molecule has 1 aliphatic heterocycles. The lowest BCUT2D eigenvalue weighted by atomic mass is 10.1. The predicted octanol–water partition coefficient (Wildman–Crippen LogP) is 0.972. The van der Waals surface area contributed by atoms with Gasteiger partial charge in [0.05, 0.1) is 11.7 Å². The summed E-state index contributed by atoms with van der Waals surface area (Å²) in [6, 6.07) is 4.63. The molecular formula is C12H14N2O3. The summed E-state index contributed by atoms with van der Waals surface area (Å²) in [5.74, 6) is 0.199. The molecule has 0 fully saturated rings. The minimum absolute atomic E-state index is 0.0614. The molecule has 5 nitrogen and oxygen atoms in total. The first-order valence-electron chi connectivity index (χ1n) is 5.36. The highest BCUT2D eigenvalue weighted by atomic mass is 16.5. The first kappa shape index (κ1) is 11.4. The number of Topliss-reactive ketones (excluding diaryl/α,β-unsaturated/α-hetero) is 1. The molecule has 17 heavy (non-hydrogen) atoms. The highest BCUT2D eigenvalue weighted by Crippen LogP contribution is 2.38. The van der Waals surface area contributed by atoms with Crippen LogP contribution in [0.1, 0.15) is 13.8 Å². The Bertz CT molecular complexity index is 485. The van der Waals surface area contributed by atoms with Gasteiger partial charge in [-0.1, -0.05) is 6.07 Å². The van der Waals surface area contributed by atoms with Gasteiger partial charge in [0, 0.05) is 0 Å². The number of amides is 1. The SMILES string of the molecule is CC(=O)C(C)N1C(=O)COc2cccc(N)c21. The Balaban J connectivity index is 2.53. The summed E-state index contributed by atoms with van der Waals surface area (Å²) in [5, 5.41) is 0. The van der Waals surface area contributed by atoms with Crippen LogP contribution in [0.3, 0.4) is 0 Å². The number of fused-ring (bicyclic) bond motifs is 1. The molecule has 0 saturated heterocycles. The molecule has 0 aromatic heterocycles. The molecule has 1 amide bonds. The van der Waals surface area contributed by atoms with Crippen molar-refractivity contribution in [2.75, 3.05) is 17.2 Å². The van der Waals surface area contributed by atoms with Gasteiger partial charge >= 0.3 is 0 Å². The van der Waals surface area contributed by atoms with E-state index < -0.39 is 6.04 Å². The van der Waals surface area contributed by atoms with Crippen molar-refractivity contribution in [2.45, 2.75) is 19.9 Å². The number of hydrogen-bond donors (Lipinski definition) is 1. The number of para-hydroxylation sites is 1.